The van der Waals surface area contributed by atoms with Crippen molar-refractivity contribution in [2.24, 2.45) is 11.8 Å². The van der Waals surface area contributed by atoms with Gasteiger partial charge in [-0.15, -0.1) is 0 Å². The number of aryl methyl sites for hydroxylation is 1. The predicted octanol–water partition coefficient (Wildman–Crippen LogP) is 7.04. The van der Waals surface area contributed by atoms with Crippen molar-refractivity contribution < 1.29 is 33.8 Å². The van der Waals surface area contributed by atoms with Gasteiger partial charge in [0.25, 0.3) is 0 Å². The van der Waals surface area contributed by atoms with Gasteiger partial charge >= 0.3 is 6.09 Å². The number of carbonyl (C=O) groups excluding carboxylic acids is 4. The van der Waals surface area contributed by atoms with Crippen LogP contribution in [-0.2, 0) is 38.6 Å². The SMILES string of the molecule is CCC(C)C(NC(=O)OCc1ccccc1)C(=O)N[C@]1(C(=O)NC(C(=O)Nc2ccc(O)c(OC)c2)C(C)CC)CCc2[nH]c3c(Cl)cc(Cl)cc3c2C1. The number of phenolic OH excluding ortho intramolecular Hbond substituents is 1. The second-order valence-electron chi connectivity index (χ2n) is 13.9. The Balaban J connectivity index is 1.47. The monoisotopic (exact) mass is 779 g/mol. The van der Waals surface area contributed by atoms with E-state index in [1.165, 1.54) is 25.3 Å². The van der Waals surface area contributed by atoms with E-state index in [0.717, 1.165) is 16.8 Å². The van der Waals surface area contributed by atoms with Crippen molar-refractivity contribution in [1.82, 2.24) is 20.9 Å². The fourth-order valence-corrected chi connectivity index (χ4v) is 7.23. The van der Waals surface area contributed by atoms with Crippen LogP contribution in [0.4, 0.5) is 10.5 Å². The summed E-state index contributed by atoms with van der Waals surface area (Å²) in [6, 6.07) is 14.9. The highest BCUT2D eigenvalue weighted by Gasteiger charge is 2.47. The predicted molar refractivity (Wildman–Crippen MR) is 209 cm³/mol. The number of H-pyrrole nitrogens is 1. The summed E-state index contributed by atoms with van der Waals surface area (Å²) in [5.41, 5.74) is 1.86. The molecule has 0 saturated heterocycles. The molecule has 0 spiro atoms. The Bertz CT molecular complexity index is 2010. The van der Waals surface area contributed by atoms with Crippen LogP contribution in [0.15, 0.2) is 60.7 Å². The number of halogens is 2. The van der Waals surface area contributed by atoms with Crippen LogP contribution in [0.3, 0.4) is 0 Å². The fourth-order valence-electron chi connectivity index (χ4n) is 6.69. The first-order valence-corrected chi connectivity index (χ1v) is 18.8. The van der Waals surface area contributed by atoms with Crippen molar-refractivity contribution in [1.29, 1.82) is 0 Å². The van der Waals surface area contributed by atoms with Gasteiger partial charge in [0, 0.05) is 34.3 Å². The van der Waals surface area contributed by atoms with Crippen LogP contribution < -0.4 is 26.0 Å². The molecule has 0 fully saturated rings. The van der Waals surface area contributed by atoms with Crippen LogP contribution in [-0.4, -0.2) is 58.6 Å². The summed E-state index contributed by atoms with van der Waals surface area (Å²) in [6.45, 7) is 7.50. The molecule has 288 valence electrons. The molecular formula is C40H47Cl2N5O7. The molecule has 0 saturated carbocycles. The Labute approximate surface area is 324 Å². The second kappa shape index (κ2) is 17.5. The molecule has 4 aromatic rings. The number of aromatic hydroxyl groups is 1. The Kier molecular flexibility index (Phi) is 13.0. The van der Waals surface area contributed by atoms with Crippen molar-refractivity contribution in [3.8, 4) is 11.5 Å². The van der Waals surface area contributed by atoms with E-state index in [1.807, 2.05) is 58.0 Å². The maximum Gasteiger partial charge on any atom is 0.408 e. The minimum Gasteiger partial charge on any atom is -0.504 e. The van der Waals surface area contributed by atoms with Crippen molar-refractivity contribution in [3.05, 3.63) is 87.5 Å². The number of ether oxygens (including phenoxy) is 2. The van der Waals surface area contributed by atoms with E-state index in [2.05, 4.69) is 26.3 Å². The molecule has 6 N–H and O–H groups in total. The quantitative estimate of drug-likeness (QED) is 0.0746. The number of nitrogens with one attached hydrogen (secondary N) is 5. The lowest BCUT2D eigenvalue weighted by Crippen LogP contribution is -2.67. The second-order valence-corrected chi connectivity index (χ2v) is 14.8. The van der Waals surface area contributed by atoms with Gasteiger partial charge in [0.05, 0.1) is 17.6 Å². The average Bonchev–Trinajstić information content (AvgIpc) is 3.53. The number of aromatic nitrogens is 1. The number of carbonyl (C=O) groups is 4. The molecule has 5 atom stereocenters. The van der Waals surface area contributed by atoms with Gasteiger partial charge in [-0.25, -0.2) is 4.79 Å². The van der Waals surface area contributed by atoms with Gasteiger partial charge in [0.2, 0.25) is 17.7 Å². The molecule has 0 radical (unpaired) electrons. The molecule has 4 amide bonds. The van der Waals surface area contributed by atoms with Crippen LogP contribution in [0.5, 0.6) is 11.5 Å². The summed E-state index contributed by atoms with van der Waals surface area (Å²) in [5, 5.41) is 23.2. The summed E-state index contributed by atoms with van der Waals surface area (Å²) in [5.74, 6) is -2.21. The first-order chi connectivity index (χ1) is 25.8. The number of anilines is 1. The number of hydrogen-bond acceptors (Lipinski definition) is 7. The van der Waals surface area contributed by atoms with E-state index >= 15 is 0 Å². The zero-order valence-electron chi connectivity index (χ0n) is 31.0. The topological polar surface area (TPSA) is 171 Å². The number of alkyl carbamates (subject to hydrolysis) is 1. The molecule has 1 aliphatic rings. The van der Waals surface area contributed by atoms with Gasteiger partial charge < -0.3 is 40.8 Å². The third kappa shape index (κ3) is 9.05. The lowest BCUT2D eigenvalue weighted by molar-refractivity contribution is -0.137. The number of rotatable bonds is 14. The van der Waals surface area contributed by atoms with Gasteiger partial charge in [0.15, 0.2) is 11.5 Å². The van der Waals surface area contributed by atoms with Gasteiger partial charge in [-0.1, -0.05) is 94.1 Å². The number of methoxy groups -OCH3 is 1. The summed E-state index contributed by atoms with van der Waals surface area (Å²) in [7, 11) is 1.40. The highest BCUT2D eigenvalue weighted by atomic mass is 35.5. The van der Waals surface area contributed by atoms with E-state index in [4.69, 9.17) is 32.7 Å². The van der Waals surface area contributed by atoms with Crippen LogP contribution in [0.1, 0.15) is 63.8 Å². The molecular weight excluding hydrogens is 733 g/mol. The van der Waals surface area contributed by atoms with Gasteiger partial charge in [-0.05, 0) is 60.1 Å². The van der Waals surface area contributed by atoms with E-state index in [0.29, 0.717) is 45.9 Å². The minimum absolute atomic E-state index is 0.0122. The Morgan fingerprint density at radius 2 is 1.61 bits per heavy atom. The van der Waals surface area contributed by atoms with E-state index in [-0.39, 0.29) is 42.8 Å². The first-order valence-electron chi connectivity index (χ1n) is 18.1. The van der Waals surface area contributed by atoms with Crippen molar-refractivity contribution in [2.45, 2.75) is 84.0 Å². The lowest BCUT2D eigenvalue weighted by Gasteiger charge is -2.39. The molecule has 12 nitrogen and oxygen atoms in total. The number of phenols is 1. The average molecular weight is 781 g/mol. The minimum atomic E-state index is -1.55. The van der Waals surface area contributed by atoms with Crippen LogP contribution >= 0.6 is 23.2 Å². The smallest absolute Gasteiger partial charge is 0.408 e. The Hall–Kier alpha value is -4.94. The molecule has 14 heteroatoms. The molecule has 4 unspecified atom stereocenters. The number of aromatic amines is 1. The van der Waals surface area contributed by atoms with Crippen LogP contribution in [0, 0.1) is 11.8 Å². The number of benzene rings is 3. The van der Waals surface area contributed by atoms with Gasteiger partial charge in [-0.3, -0.25) is 14.4 Å². The largest absolute Gasteiger partial charge is 0.504 e. The third-order valence-corrected chi connectivity index (χ3v) is 10.8. The van der Waals surface area contributed by atoms with Gasteiger partial charge in [-0.2, -0.15) is 0 Å². The van der Waals surface area contributed by atoms with Gasteiger partial charge in [0.1, 0.15) is 24.2 Å². The summed E-state index contributed by atoms with van der Waals surface area (Å²) in [6.07, 6.45) is 0.893. The van der Waals surface area contributed by atoms with Crippen LogP contribution in [0.25, 0.3) is 10.9 Å². The zero-order valence-corrected chi connectivity index (χ0v) is 32.5. The molecule has 5 rings (SSSR count). The molecule has 3 aromatic carbocycles. The number of amides is 4. The first kappa shape index (κ1) is 40.2. The van der Waals surface area contributed by atoms with Crippen molar-refractivity contribution in [3.63, 3.8) is 0 Å². The zero-order chi connectivity index (χ0) is 39.2. The van der Waals surface area contributed by atoms with E-state index in [1.54, 1.807) is 12.1 Å². The highest BCUT2D eigenvalue weighted by molar-refractivity contribution is 6.38. The molecule has 0 bridgehead atoms. The van der Waals surface area contributed by atoms with E-state index in [9.17, 15) is 24.3 Å². The highest BCUT2D eigenvalue weighted by Crippen LogP contribution is 2.38. The summed E-state index contributed by atoms with van der Waals surface area (Å²) < 4.78 is 10.7. The molecule has 1 aliphatic carbocycles. The third-order valence-electron chi connectivity index (χ3n) is 10.3. The van der Waals surface area contributed by atoms with Crippen LogP contribution in [0.2, 0.25) is 10.0 Å². The normalized spacial score (nSPS) is 17.3. The summed E-state index contributed by atoms with van der Waals surface area (Å²) in [4.78, 5) is 59.4. The maximum absolute atomic E-state index is 14.8. The molecule has 1 heterocycles. The summed E-state index contributed by atoms with van der Waals surface area (Å²) >= 11 is 13.0. The fraction of sp³-hybridized carbons (Fsp3) is 0.400. The molecule has 54 heavy (non-hydrogen) atoms. The van der Waals surface area contributed by atoms with Crippen molar-refractivity contribution >= 4 is 63.6 Å². The van der Waals surface area contributed by atoms with E-state index < -0.39 is 41.4 Å². The maximum atomic E-state index is 14.8. The number of fused-ring (bicyclic) bond motifs is 3. The molecule has 1 aromatic heterocycles. The Morgan fingerprint density at radius 3 is 2.28 bits per heavy atom. The molecule has 0 aliphatic heterocycles. The van der Waals surface area contributed by atoms with Crippen molar-refractivity contribution in [2.75, 3.05) is 12.4 Å². The lowest BCUT2D eigenvalue weighted by atomic mass is 9.78. The standard InChI is InChI=1S/C40H47Cl2N5O7/c1-6-22(3)33(36(49)43-26-13-14-31(48)32(19-26)53-5)45-38(51)40(16-15-30-28(20-40)27-17-25(41)18-29(42)35(27)44-30)47-37(50)34(23(4)7-2)46-39(52)54-21-24-11-9-8-10-12-24/h8-14,17-19,22-23,33-34,44,48H,6-7,15-16,20-21H2,1-5H3,(H,43,49)(H,45,51)(H,46,52)(H,47,50)/t22?,23?,33?,34?,40-/m1/s1. The Morgan fingerprint density at radius 1 is 0.926 bits per heavy atom. The number of hydrogen-bond donors (Lipinski definition) is 6.